The van der Waals surface area contributed by atoms with E-state index in [0.717, 1.165) is 48.4 Å². The summed E-state index contributed by atoms with van der Waals surface area (Å²) in [5.74, 6) is 0.930. The van der Waals surface area contributed by atoms with Gasteiger partial charge in [0.25, 0.3) is 0 Å². The molecule has 3 heterocycles. The standard InChI is InChI=1S/C34H34N6O2/c1-39-15-17-40(18-16-39)26-10-7-23(8-11-26)30-20-28-32(36-21-37-34(28)38-30)27-3-2-4-29(33(27)42)35-14-13-25-19-24(22-5-6-22)9-12-31(25)41/h2-4,7-14,19-22,35,41-42H,5-6,15-18H2,1H3,(H,36,37,38)/b14-13-. The van der Waals surface area contributed by atoms with Crippen molar-refractivity contribution in [2.45, 2.75) is 18.8 Å². The molecule has 1 saturated heterocycles. The Morgan fingerprint density at radius 1 is 0.929 bits per heavy atom. The van der Waals surface area contributed by atoms with Gasteiger partial charge in [0.05, 0.1) is 11.4 Å². The van der Waals surface area contributed by atoms with E-state index in [9.17, 15) is 10.2 Å². The SMILES string of the molecule is CN1CCN(c2ccc(-c3cc4c(-c5cccc(N/C=C\c6cc(C7CC7)ccc6O)c5O)ncnc4[nH]3)cc2)CC1. The van der Waals surface area contributed by atoms with Crippen molar-refractivity contribution in [1.29, 1.82) is 0 Å². The fourth-order valence-electron chi connectivity index (χ4n) is 5.68. The van der Waals surface area contributed by atoms with Crippen molar-refractivity contribution < 1.29 is 10.2 Å². The fourth-order valence-corrected chi connectivity index (χ4v) is 5.68. The van der Waals surface area contributed by atoms with Crippen molar-refractivity contribution >= 4 is 28.5 Å². The van der Waals surface area contributed by atoms with Crippen molar-refractivity contribution in [1.82, 2.24) is 19.9 Å². The first kappa shape index (κ1) is 26.1. The summed E-state index contributed by atoms with van der Waals surface area (Å²) in [4.78, 5) is 17.2. The molecule has 1 aliphatic carbocycles. The molecule has 0 radical (unpaired) electrons. The lowest BCUT2D eigenvalue weighted by Crippen LogP contribution is -2.44. The molecule has 2 aromatic heterocycles. The molecule has 42 heavy (non-hydrogen) atoms. The maximum atomic E-state index is 11.2. The average Bonchev–Trinajstić information content (AvgIpc) is 3.77. The predicted molar refractivity (Wildman–Crippen MR) is 169 cm³/mol. The van der Waals surface area contributed by atoms with Gasteiger partial charge >= 0.3 is 0 Å². The third-order valence-corrected chi connectivity index (χ3v) is 8.37. The van der Waals surface area contributed by atoms with E-state index in [1.807, 2.05) is 42.5 Å². The van der Waals surface area contributed by atoms with Gasteiger partial charge in [-0.1, -0.05) is 24.3 Å². The molecule has 8 nitrogen and oxygen atoms in total. The second-order valence-corrected chi connectivity index (χ2v) is 11.3. The summed E-state index contributed by atoms with van der Waals surface area (Å²) in [5, 5.41) is 25.6. The first-order valence-corrected chi connectivity index (χ1v) is 14.5. The van der Waals surface area contributed by atoms with E-state index >= 15 is 0 Å². The van der Waals surface area contributed by atoms with Gasteiger partial charge in [0.15, 0.2) is 0 Å². The molecule has 0 bridgehead atoms. The van der Waals surface area contributed by atoms with Gasteiger partial charge in [-0.2, -0.15) is 0 Å². The van der Waals surface area contributed by atoms with E-state index in [0.29, 0.717) is 28.5 Å². The van der Waals surface area contributed by atoms with Crippen LogP contribution in [0.3, 0.4) is 0 Å². The van der Waals surface area contributed by atoms with E-state index in [1.54, 1.807) is 12.3 Å². The minimum Gasteiger partial charge on any atom is -0.507 e. The molecule has 0 atom stereocenters. The zero-order valence-corrected chi connectivity index (χ0v) is 23.6. The maximum absolute atomic E-state index is 11.2. The van der Waals surface area contributed by atoms with E-state index < -0.39 is 0 Å². The van der Waals surface area contributed by atoms with E-state index in [-0.39, 0.29) is 11.5 Å². The Morgan fingerprint density at radius 3 is 2.52 bits per heavy atom. The number of nitrogens with one attached hydrogen (secondary N) is 2. The summed E-state index contributed by atoms with van der Waals surface area (Å²) < 4.78 is 0. The molecule has 0 unspecified atom stereocenters. The lowest BCUT2D eigenvalue weighted by molar-refractivity contribution is 0.313. The van der Waals surface area contributed by atoms with Gasteiger partial charge in [-0.05, 0) is 85.5 Å². The molecule has 1 aliphatic heterocycles. The normalized spacial score (nSPS) is 16.0. The summed E-state index contributed by atoms with van der Waals surface area (Å²) in [6.45, 7) is 4.21. The van der Waals surface area contributed by atoms with E-state index in [2.05, 4.69) is 61.4 Å². The van der Waals surface area contributed by atoms with Crippen LogP contribution < -0.4 is 10.2 Å². The molecule has 0 spiro atoms. The smallest absolute Gasteiger partial charge is 0.148 e. The second kappa shape index (κ2) is 10.9. The second-order valence-electron chi connectivity index (χ2n) is 11.3. The number of rotatable bonds is 7. The summed E-state index contributed by atoms with van der Waals surface area (Å²) in [7, 11) is 2.17. The lowest BCUT2D eigenvalue weighted by atomic mass is 10.1. The average molecular weight is 559 g/mol. The van der Waals surface area contributed by atoms with Crippen molar-refractivity contribution in [2.75, 3.05) is 43.4 Å². The van der Waals surface area contributed by atoms with Gasteiger partial charge in [0.2, 0.25) is 0 Å². The van der Waals surface area contributed by atoms with Crippen molar-refractivity contribution in [3.8, 4) is 34.0 Å². The van der Waals surface area contributed by atoms with Gasteiger partial charge in [-0.25, -0.2) is 9.97 Å². The van der Waals surface area contributed by atoms with Gasteiger partial charge in [-0.15, -0.1) is 0 Å². The summed E-state index contributed by atoms with van der Waals surface area (Å²) in [6, 6.07) is 22.0. The molecule has 1 saturated carbocycles. The molecule has 5 aromatic rings. The number of aromatic amines is 1. The van der Waals surface area contributed by atoms with Crippen molar-refractivity contribution in [2.24, 2.45) is 0 Å². The Kier molecular flexibility index (Phi) is 6.76. The number of aromatic nitrogens is 3. The van der Waals surface area contributed by atoms with Gasteiger partial charge in [0, 0.05) is 60.3 Å². The van der Waals surface area contributed by atoms with Crippen LogP contribution >= 0.6 is 0 Å². The fraction of sp³-hybridized carbons (Fsp3) is 0.235. The molecule has 2 aliphatic rings. The number of aromatic hydroxyl groups is 2. The molecule has 3 aromatic carbocycles. The third-order valence-electron chi connectivity index (χ3n) is 8.37. The van der Waals surface area contributed by atoms with Gasteiger partial charge < -0.3 is 30.3 Å². The molecule has 212 valence electrons. The van der Waals surface area contributed by atoms with Crippen LogP contribution in [0.4, 0.5) is 11.4 Å². The number of H-pyrrole nitrogens is 1. The van der Waals surface area contributed by atoms with Gasteiger partial charge in [-0.3, -0.25) is 0 Å². The van der Waals surface area contributed by atoms with Crippen LogP contribution in [-0.4, -0.2) is 63.3 Å². The Labute approximate surface area is 245 Å². The molecule has 2 fully saturated rings. The van der Waals surface area contributed by atoms with E-state index in [4.69, 9.17) is 0 Å². The summed E-state index contributed by atoms with van der Waals surface area (Å²) >= 11 is 0. The monoisotopic (exact) mass is 558 g/mol. The highest BCUT2D eigenvalue weighted by atomic mass is 16.3. The Hall–Kier alpha value is -4.82. The van der Waals surface area contributed by atoms with Gasteiger partial charge in [0.1, 0.15) is 23.5 Å². The number of likely N-dealkylation sites (N-methyl/N-ethyl adjacent to an activating group) is 1. The van der Waals surface area contributed by atoms with Crippen LogP contribution in [0.2, 0.25) is 0 Å². The quantitative estimate of drug-likeness (QED) is 0.171. The number of fused-ring (bicyclic) bond motifs is 1. The number of phenols is 2. The highest BCUT2D eigenvalue weighted by Gasteiger charge is 2.24. The number of hydrogen-bond donors (Lipinski definition) is 4. The molecule has 4 N–H and O–H groups in total. The number of benzene rings is 3. The minimum absolute atomic E-state index is 0.0948. The molecule has 8 heteroatoms. The number of nitrogens with zero attached hydrogens (tertiary/aromatic N) is 4. The molecular weight excluding hydrogens is 524 g/mol. The number of piperazine rings is 1. The van der Waals surface area contributed by atoms with Crippen LogP contribution in [0, 0.1) is 0 Å². The number of phenolic OH excluding ortho intramolecular Hbond substituents is 2. The predicted octanol–water partition coefficient (Wildman–Crippen LogP) is 6.42. The van der Waals surface area contributed by atoms with Crippen LogP contribution in [-0.2, 0) is 0 Å². The number of para-hydroxylation sites is 1. The minimum atomic E-state index is 0.0948. The first-order valence-electron chi connectivity index (χ1n) is 14.5. The zero-order chi connectivity index (χ0) is 28.6. The van der Waals surface area contributed by atoms with E-state index in [1.165, 1.54) is 30.4 Å². The summed E-state index contributed by atoms with van der Waals surface area (Å²) in [5.41, 5.74) is 7.76. The van der Waals surface area contributed by atoms with Crippen LogP contribution in [0.1, 0.15) is 29.9 Å². The zero-order valence-electron chi connectivity index (χ0n) is 23.6. The highest BCUT2D eigenvalue weighted by molar-refractivity contribution is 5.96. The molecule has 0 amide bonds. The topological polar surface area (TPSA) is 101 Å². The molecular formula is C34H34N6O2. The Balaban J connectivity index is 1.13. The Morgan fingerprint density at radius 2 is 1.74 bits per heavy atom. The highest BCUT2D eigenvalue weighted by Crippen LogP contribution is 2.42. The largest absolute Gasteiger partial charge is 0.507 e. The van der Waals surface area contributed by atoms with Crippen molar-refractivity contribution in [3.63, 3.8) is 0 Å². The van der Waals surface area contributed by atoms with Crippen LogP contribution in [0.25, 0.3) is 39.6 Å². The maximum Gasteiger partial charge on any atom is 0.148 e. The van der Waals surface area contributed by atoms with Crippen LogP contribution in [0.15, 0.2) is 79.3 Å². The lowest BCUT2D eigenvalue weighted by Gasteiger charge is -2.34. The number of anilines is 2. The summed E-state index contributed by atoms with van der Waals surface area (Å²) in [6.07, 6.45) is 7.48. The Bertz CT molecular complexity index is 1770. The number of hydrogen-bond acceptors (Lipinski definition) is 7. The molecule has 7 rings (SSSR count). The first-order chi connectivity index (χ1) is 20.5. The van der Waals surface area contributed by atoms with Crippen molar-refractivity contribution in [3.05, 3.63) is 90.4 Å². The third kappa shape index (κ3) is 5.17. The van der Waals surface area contributed by atoms with Crippen LogP contribution in [0.5, 0.6) is 11.5 Å².